The molecule has 0 aliphatic carbocycles. The Morgan fingerprint density at radius 3 is 2.45 bits per heavy atom. The summed E-state index contributed by atoms with van der Waals surface area (Å²) in [5, 5.41) is 2.78. The van der Waals surface area contributed by atoms with Crippen LogP contribution in [-0.4, -0.2) is 50.9 Å². The second-order valence-electron chi connectivity index (χ2n) is 7.55. The molecule has 3 aromatic rings. The lowest BCUT2D eigenvalue weighted by molar-refractivity contribution is -0.465. The zero-order valence-electron chi connectivity index (χ0n) is 18.1. The Labute approximate surface area is 191 Å². The third-order valence-electron chi connectivity index (χ3n) is 5.24. The number of para-hydroxylation sites is 1. The fourth-order valence-electron chi connectivity index (χ4n) is 3.64. The summed E-state index contributed by atoms with van der Waals surface area (Å²) in [6, 6.07) is 20.6. The minimum Gasteiger partial charge on any atom is -0.496 e. The van der Waals surface area contributed by atoms with E-state index in [0.29, 0.717) is 17.0 Å². The highest BCUT2D eigenvalue weighted by molar-refractivity contribution is 7.90. The summed E-state index contributed by atoms with van der Waals surface area (Å²) in [7, 11) is -2.11. The van der Waals surface area contributed by atoms with Crippen molar-refractivity contribution < 1.29 is 22.7 Å². The normalized spacial score (nSPS) is 15.8. The molecule has 0 saturated heterocycles. The van der Waals surface area contributed by atoms with Crippen LogP contribution in [0.2, 0.25) is 0 Å². The Morgan fingerprint density at radius 2 is 1.76 bits per heavy atom. The molecular formula is C24H22N3O5S+. The zero-order chi connectivity index (χ0) is 23.6. The molecule has 0 aromatic heterocycles. The van der Waals surface area contributed by atoms with Crippen molar-refractivity contribution in [2.24, 2.45) is 4.99 Å². The number of benzene rings is 3. The molecule has 1 aliphatic heterocycles. The zero-order valence-corrected chi connectivity index (χ0v) is 18.9. The smallest absolute Gasteiger partial charge is 0.265 e. The Morgan fingerprint density at radius 1 is 1.06 bits per heavy atom. The van der Waals surface area contributed by atoms with Gasteiger partial charge in [0.15, 0.2) is 16.0 Å². The molecule has 1 amide bonds. The number of sulfone groups is 1. The second-order valence-corrected chi connectivity index (χ2v) is 9.56. The lowest BCUT2D eigenvalue weighted by atomic mass is 10.0. The Kier molecular flexibility index (Phi) is 6.06. The third-order valence-corrected chi connectivity index (χ3v) is 6.35. The van der Waals surface area contributed by atoms with E-state index < -0.39 is 21.9 Å². The van der Waals surface area contributed by atoms with Crippen molar-refractivity contribution in [3.63, 3.8) is 0 Å². The molecule has 0 bridgehead atoms. The minimum absolute atomic E-state index is 0.0379. The predicted octanol–water partition coefficient (Wildman–Crippen LogP) is 3.12. The number of nitroso groups, excluding NO2 is 1. The lowest BCUT2D eigenvalue weighted by Crippen LogP contribution is -2.38. The van der Waals surface area contributed by atoms with Crippen LogP contribution in [0, 0.1) is 4.91 Å². The van der Waals surface area contributed by atoms with Gasteiger partial charge in [-0.1, -0.05) is 42.5 Å². The highest BCUT2D eigenvalue weighted by Crippen LogP contribution is 2.27. The molecule has 3 aromatic carbocycles. The summed E-state index contributed by atoms with van der Waals surface area (Å²) in [6.07, 6.45) is 0.227. The number of nitrogens with zero attached hydrogens (tertiary/aromatic N) is 2. The van der Waals surface area contributed by atoms with Crippen molar-refractivity contribution in [3.05, 3.63) is 94.4 Å². The molecule has 168 valence electrons. The number of fused-ring (bicyclic) bond motifs is 1. The molecule has 8 nitrogen and oxygen atoms in total. The van der Waals surface area contributed by atoms with E-state index in [-0.39, 0.29) is 22.8 Å². The number of aliphatic imine (C=N–C) groups is 1. The number of nitrogens with one attached hydrogen (secondary N) is 1. The maximum atomic E-state index is 13.1. The molecule has 4 rings (SSSR count). The number of benzodiazepines with no additional fused rings is 1. The van der Waals surface area contributed by atoms with E-state index in [4.69, 9.17) is 9.73 Å². The van der Waals surface area contributed by atoms with E-state index in [1.54, 1.807) is 12.1 Å². The SMILES string of the molecule is COc1cc(S(C)(=O)=O)ccc1C(=O)N[C@@H]1C[N+](=O)c2ccccc2C(c2ccccc2)=N1. The Bertz CT molecular complexity index is 1370. The first-order valence-electron chi connectivity index (χ1n) is 10.1. The molecule has 0 spiro atoms. The highest BCUT2D eigenvalue weighted by Gasteiger charge is 2.32. The van der Waals surface area contributed by atoms with Crippen molar-refractivity contribution in [2.45, 2.75) is 11.1 Å². The third kappa shape index (κ3) is 4.68. The van der Waals surface area contributed by atoms with Gasteiger partial charge in [0.25, 0.3) is 11.6 Å². The second kappa shape index (κ2) is 8.95. The molecule has 0 saturated carbocycles. The molecule has 1 aliphatic rings. The van der Waals surface area contributed by atoms with Gasteiger partial charge in [-0.25, -0.2) is 8.42 Å². The van der Waals surface area contributed by atoms with Crippen molar-refractivity contribution in [3.8, 4) is 5.75 Å². The van der Waals surface area contributed by atoms with Gasteiger partial charge in [0.2, 0.25) is 6.54 Å². The van der Waals surface area contributed by atoms with E-state index in [1.165, 1.54) is 25.3 Å². The molecule has 0 radical (unpaired) electrons. The number of carbonyl (C=O) groups is 1. The molecule has 0 unspecified atom stereocenters. The van der Waals surface area contributed by atoms with E-state index in [2.05, 4.69) is 5.32 Å². The summed E-state index contributed by atoms with van der Waals surface area (Å²) in [6.45, 7) is -0.0944. The van der Waals surface area contributed by atoms with E-state index in [9.17, 15) is 18.1 Å². The monoisotopic (exact) mass is 464 g/mol. The number of ether oxygens (including phenoxy) is 1. The van der Waals surface area contributed by atoms with Gasteiger partial charge in [0, 0.05) is 27.6 Å². The minimum atomic E-state index is -3.47. The van der Waals surface area contributed by atoms with Crippen LogP contribution in [0.5, 0.6) is 5.75 Å². The largest absolute Gasteiger partial charge is 0.496 e. The van der Waals surface area contributed by atoms with Gasteiger partial charge in [0.05, 0.1) is 28.8 Å². The summed E-state index contributed by atoms with van der Waals surface area (Å²) in [5.41, 5.74) is 2.68. The van der Waals surface area contributed by atoms with Crippen LogP contribution < -0.4 is 10.1 Å². The molecule has 33 heavy (non-hydrogen) atoms. The maximum absolute atomic E-state index is 13.1. The lowest BCUT2D eigenvalue weighted by Gasteiger charge is -2.14. The quantitative estimate of drug-likeness (QED) is 0.584. The summed E-state index contributed by atoms with van der Waals surface area (Å²) in [5.74, 6) is -0.425. The first-order valence-corrected chi connectivity index (χ1v) is 12.0. The van der Waals surface area contributed by atoms with Crippen molar-refractivity contribution in [2.75, 3.05) is 19.9 Å². The number of methoxy groups -OCH3 is 1. The van der Waals surface area contributed by atoms with Gasteiger partial charge in [-0.05, 0) is 24.3 Å². The molecule has 1 N–H and O–H groups in total. The summed E-state index contributed by atoms with van der Waals surface area (Å²) >= 11 is 0. The number of rotatable bonds is 5. The van der Waals surface area contributed by atoms with Crippen LogP contribution in [0.15, 0.2) is 82.7 Å². The van der Waals surface area contributed by atoms with Crippen molar-refractivity contribution in [1.29, 1.82) is 0 Å². The fraction of sp³-hybridized carbons (Fsp3) is 0.167. The van der Waals surface area contributed by atoms with Gasteiger partial charge in [-0.15, -0.1) is 0 Å². The topological polar surface area (TPSA) is 105 Å². The van der Waals surface area contributed by atoms with E-state index >= 15 is 0 Å². The van der Waals surface area contributed by atoms with Crippen LogP contribution in [0.25, 0.3) is 0 Å². The number of amides is 1. The fourth-order valence-corrected chi connectivity index (χ4v) is 4.27. The van der Waals surface area contributed by atoms with Crippen LogP contribution in [-0.2, 0) is 9.84 Å². The average Bonchev–Trinajstić information content (AvgIpc) is 2.95. The first kappa shape index (κ1) is 22.3. The van der Waals surface area contributed by atoms with Crippen LogP contribution >= 0.6 is 0 Å². The number of hydrogen-bond acceptors (Lipinski definition) is 6. The highest BCUT2D eigenvalue weighted by atomic mass is 32.2. The number of carbonyl (C=O) groups excluding carboxylic acids is 1. The molecule has 1 atom stereocenters. The standard InChI is InChI=1S/C24H21N3O5S/c1-32-21-14-17(33(2,30)31)12-13-19(21)24(28)26-22-15-27(29)20-11-7-6-10-18(20)23(25-22)16-8-4-3-5-9-16/h3-14,22H,15H2,1-2H3/p+1/t22-/m1/s1. The van der Waals surface area contributed by atoms with Gasteiger partial charge >= 0.3 is 0 Å². The Balaban J connectivity index is 1.71. The van der Waals surface area contributed by atoms with Gasteiger partial charge < -0.3 is 10.1 Å². The van der Waals surface area contributed by atoms with Gasteiger partial charge in [-0.2, -0.15) is 0 Å². The van der Waals surface area contributed by atoms with E-state index in [0.717, 1.165) is 16.6 Å². The maximum Gasteiger partial charge on any atom is 0.265 e. The molecular weight excluding hydrogens is 442 g/mol. The van der Waals surface area contributed by atoms with Crippen LogP contribution in [0.3, 0.4) is 0 Å². The van der Waals surface area contributed by atoms with Crippen molar-refractivity contribution >= 4 is 27.1 Å². The van der Waals surface area contributed by atoms with Crippen molar-refractivity contribution in [1.82, 2.24) is 5.32 Å². The van der Waals surface area contributed by atoms with E-state index in [1.807, 2.05) is 42.5 Å². The van der Waals surface area contributed by atoms with Crippen LogP contribution in [0.4, 0.5) is 5.69 Å². The molecule has 0 fully saturated rings. The van der Waals surface area contributed by atoms with Gasteiger partial charge in [0.1, 0.15) is 5.75 Å². The molecule has 1 heterocycles. The molecule has 9 heteroatoms. The van der Waals surface area contributed by atoms with Gasteiger partial charge in [-0.3, -0.25) is 9.79 Å². The first-order chi connectivity index (χ1) is 15.8. The summed E-state index contributed by atoms with van der Waals surface area (Å²) in [4.78, 5) is 30.7. The summed E-state index contributed by atoms with van der Waals surface area (Å²) < 4.78 is 29.7. The average molecular weight is 465 g/mol. The number of hydrogen-bond donors (Lipinski definition) is 1. The van der Waals surface area contributed by atoms with Crippen LogP contribution in [0.1, 0.15) is 21.5 Å². The predicted molar refractivity (Wildman–Crippen MR) is 124 cm³/mol. The Hall–Kier alpha value is -3.85.